The number of fused-ring (bicyclic) bond motifs is 1. The number of carbonyl (C=O) groups excluding carboxylic acids is 1. The fourth-order valence-corrected chi connectivity index (χ4v) is 4.90. The summed E-state index contributed by atoms with van der Waals surface area (Å²) in [4.78, 5) is 23.2. The number of aromatic hydroxyl groups is 1. The van der Waals surface area contributed by atoms with Gasteiger partial charge < -0.3 is 24.8 Å². The lowest BCUT2D eigenvalue weighted by molar-refractivity contribution is 0.0696. The first-order valence-electron chi connectivity index (χ1n) is 12.0. The molecule has 198 valence electrons. The van der Waals surface area contributed by atoms with E-state index in [2.05, 4.69) is 5.32 Å². The Labute approximate surface area is 224 Å². The molecule has 1 amide bonds. The maximum absolute atomic E-state index is 14.3. The molecule has 1 heterocycles. The summed E-state index contributed by atoms with van der Waals surface area (Å²) in [6.45, 7) is 5.74. The van der Waals surface area contributed by atoms with Gasteiger partial charge in [-0.05, 0) is 66.9 Å². The smallest absolute Gasteiger partial charge is 0.406 e. The summed E-state index contributed by atoms with van der Waals surface area (Å²) in [5.41, 5.74) is 3.24. The van der Waals surface area contributed by atoms with Crippen LogP contribution in [0.25, 0.3) is 27.7 Å². The first kappa shape index (κ1) is 27.0. The highest BCUT2D eigenvalue weighted by molar-refractivity contribution is 6.31. The van der Waals surface area contributed by atoms with Crippen molar-refractivity contribution in [1.29, 1.82) is 0 Å². The zero-order chi connectivity index (χ0) is 27.8. The standard InChI is InChI=1S/C29H28ClFN2O5/c1-16-13-20(9-10-21(16)31)33-22-14-19(30)15-23(34)25(22)24(17-5-7-18(8-6-17)27(35)36)26(33)29(2,3)11-12-38-28(37)32-4/h5-10,13-15,34H,11-12H2,1-4H3,(H,32,37)(H,35,36). The normalized spacial score (nSPS) is 11.5. The maximum Gasteiger partial charge on any atom is 0.406 e. The number of phenolic OH excluding ortho intramolecular Hbond substituents is 1. The number of hydrogen-bond acceptors (Lipinski definition) is 4. The molecule has 0 saturated carbocycles. The SMILES string of the molecule is CNC(=O)OCCC(C)(C)c1c(-c2ccc(C(=O)O)cc2)c2c(O)cc(Cl)cc2n1-c1ccc(F)c(C)c1. The second-order valence-corrected chi connectivity index (χ2v) is 10.2. The molecule has 7 nitrogen and oxygen atoms in total. The van der Waals surface area contributed by atoms with Gasteiger partial charge in [-0.2, -0.15) is 0 Å². The van der Waals surface area contributed by atoms with Gasteiger partial charge in [-0.15, -0.1) is 0 Å². The summed E-state index contributed by atoms with van der Waals surface area (Å²) in [5.74, 6) is -1.46. The van der Waals surface area contributed by atoms with Gasteiger partial charge in [0.2, 0.25) is 0 Å². The number of carbonyl (C=O) groups is 2. The number of aryl methyl sites for hydroxylation is 1. The van der Waals surface area contributed by atoms with E-state index in [0.717, 1.165) is 5.69 Å². The lowest BCUT2D eigenvalue weighted by atomic mass is 9.81. The molecule has 0 unspecified atom stereocenters. The van der Waals surface area contributed by atoms with Crippen molar-refractivity contribution in [1.82, 2.24) is 9.88 Å². The quantitative estimate of drug-likeness (QED) is 0.239. The molecule has 3 N–H and O–H groups in total. The van der Waals surface area contributed by atoms with Crippen LogP contribution in [0.4, 0.5) is 9.18 Å². The lowest BCUT2D eigenvalue weighted by Crippen LogP contribution is -2.27. The van der Waals surface area contributed by atoms with Crippen molar-refractivity contribution in [2.45, 2.75) is 32.6 Å². The molecule has 0 atom stereocenters. The predicted molar refractivity (Wildman–Crippen MR) is 145 cm³/mol. The van der Waals surface area contributed by atoms with Crippen LogP contribution in [0.5, 0.6) is 5.75 Å². The van der Waals surface area contributed by atoms with Crippen molar-refractivity contribution >= 4 is 34.6 Å². The summed E-state index contributed by atoms with van der Waals surface area (Å²) in [6.07, 6.45) is -0.143. The first-order valence-corrected chi connectivity index (χ1v) is 12.3. The monoisotopic (exact) mass is 538 g/mol. The van der Waals surface area contributed by atoms with Crippen LogP contribution in [-0.4, -0.2) is 40.5 Å². The minimum atomic E-state index is -1.05. The Bertz CT molecular complexity index is 1540. The van der Waals surface area contributed by atoms with Crippen LogP contribution < -0.4 is 5.32 Å². The number of amides is 1. The Balaban J connectivity index is 2.08. The average Bonchev–Trinajstić information content (AvgIpc) is 3.21. The molecule has 4 aromatic rings. The van der Waals surface area contributed by atoms with Crippen LogP contribution in [-0.2, 0) is 10.2 Å². The Morgan fingerprint density at radius 2 is 1.79 bits per heavy atom. The molecule has 3 aromatic carbocycles. The van der Waals surface area contributed by atoms with E-state index in [0.29, 0.717) is 44.7 Å². The van der Waals surface area contributed by atoms with Gasteiger partial charge in [-0.25, -0.2) is 14.0 Å². The maximum atomic E-state index is 14.3. The summed E-state index contributed by atoms with van der Waals surface area (Å²) in [7, 11) is 1.48. The molecule has 4 rings (SSSR count). The number of aromatic carboxylic acids is 1. The third-order valence-electron chi connectivity index (χ3n) is 6.64. The predicted octanol–water partition coefficient (Wildman–Crippen LogP) is 6.83. The zero-order valence-electron chi connectivity index (χ0n) is 21.4. The molecular formula is C29H28ClFN2O5. The van der Waals surface area contributed by atoms with E-state index in [4.69, 9.17) is 16.3 Å². The Morgan fingerprint density at radius 1 is 1.11 bits per heavy atom. The van der Waals surface area contributed by atoms with Gasteiger partial charge in [0, 0.05) is 34.4 Å². The van der Waals surface area contributed by atoms with Crippen LogP contribution in [0.15, 0.2) is 54.6 Å². The second kappa shape index (κ2) is 10.4. The minimum absolute atomic E-state index is 0.0546. The van der Waals surface area contributed by atoms with Crippen molar-refractivity contribution in [2.24, 2.45) is 0 Å². The van der Waals surface area contributed by atoms with E-state index in [9.17, 15) is 24.2 Å². The molecule has 0 spiro atoms. The number of alkyl carbamates (subject to hydrolysis) is 1. The number of aromatic nitrogens is 1. The average molecular weight is 539 g/mol. The molecule has 1 aromatic heterocycles. The number of carboxylic acid groups (broad SMARTS) is 1. The van der Waals surface area contributed by atoms with Gasteiger partial charge in [0.15, 0.2) is 0 Å². The Kier molecular flexibility index (Phi) is 7.37. The van der Waals surface area contributed by atoms with Gasteiger partial charge in [0.05, 0.1) is 23.1 Å². The number of phenols is 1. The first-order chi connectivity index (χ1) is 17.9. The number of rotatable bonds is 7. The van der Waals surface area contributed by atoms with E-state index in [1.54, 1.807) is 37.3 Å². The molecule has 0 radical (unpaired) electrons. The van der Waals surface area contributed by atoms with Gasteiger partial charge in [-0.1, -0.05) is 37.6 Å². The third-order valence-corrected chi connectivity index (χ3v) is 6.86. The van der Waals surface area contributed by atoms with Gasteiger partial charge >= 0.3 is 12.1 Å². The topological polar surface area (TPSA) is 101 Å². The number of halogens is 2. The van der Waals surface area contributed by atoms with E-state index in [1.165, 1.54) is 31.3 Å². The van der Waals surface area contributed by atoms with Crippen LogP contribution >= 0.6 is 11.6 Å². The number of ether oxygens (including phenoxy) is 1. The van der Waals surface area contributed by atoms with Crippen molar-refractivity contribution in [3.63, 3.8) is 0 Å². The number of nitrogens with zero attached hydrogens (tertiary/aromatic N) is 1. The van der Waals surface area contributed by atoms with E-state index >= 15 is 0 Å². The highest BCUT2D eigenvalue weighted by Crippen LogP contribution is 2.48. The minimum Gasteiger partial charge on any atom is -0.507 e. The van der Waals surface area contributed by atoms with E-state index < -0.39 is 17.5 Å². The summed E-state index contributed by atoms with van der Waals surface area (Å²) in [5, 5.41) is 23.8. The molecule has 0 aliphatic heterocycles. The lowest BCUT2D eigenvalue weighted by Gasteiger charge is -2.29. The van der Waals surface area contributed by atoms with E-state index in [1.807, 2.05) is 18.4 Å². The van der Waals surface area contributed by atoms with Gasteiger partial charge in [0.25, 0.3) is 0 Å². The highest BCUT2D eigenvalue weighted by Gasteiger charge is 2.33. The number of hydrogen-bond donors (Lipinski definition) is 3. The molecule has 0 fully saturated rings. The fraction of sp³-hybridized carbons (Fsp3) is 0.241. The number of carboxylic acids is 1. The molecule has 38 heavy (non-hydrogen) atoms. The number of nitrogens with one attached hydrogen (secondary N) is 1. The van der Waals surface area contributed by atoms with Crippen molar-refractivity contribution < 1.29 is 28.9 Å². The molecule has 0 aliphatic rings. The Hall–Kier alpha value is -4.04. The fourth-order valence-electron chi connectivity index (χ4n) is 4.69. The Morgan fingerprint density at radius 3 is 2.39 bits per heavy atom. The molecule has 0 bridgehead atoms. The van der Waals surface area contributed by atoms with Crippen LogP contribution in [0.1, 0.15) is 41.9 Å². The molecule has 0 aliphatic carbocycles. The summed E-state index contributed by atoms with van der Waals surface area (Å²) >= 11 is 6.39. The van der Waals surface area contributed by atoms with Crippen molar-refractivity contribution in [3.8, 4) is 22.6 Å². The molecule has 0 saturated heterocycles. The third kappa shape index (κ3) is 5.04. The van der Waals surface area contributed by atoms with Gasteiger partial charge in [-0.3, -0.25) is 0 Å². The molecular weight excluding hydrogens is 511 g/mol. The van der Waals surface area contributed by atoms with Crippen LogP contribution in [0.3, 0.4) is 0 Å². The number of benzene rings is 3. The summed E-state index contributed by atoms with van der Waals surface area (Å²) in [6, 6.07) is 14.3. The van der Waals surface area contributed by atoms with Gasteiger partial charge in [0.1, 0.15) is 11.6 Å². The summed E-state index contributed by atoms with van der Waals surface area (Å²) < 4.78 is 21.5. The van der Waals surface area contributed by atoms with Crippen molar-refractivity contribution in [3.05, 3.63) is 82.3 Å². The van der Waals surface area contributed by atoms with E-state index in [-0.39, 0.29) is 23.7 Å². The highest BCUT2D eigenvalue weighted by atomic mass is 35.5. The largest absolute Gasteiger partial charge is 0.507 e. The zero-order valence-corrected chi connectivity index (χ0v) is 22.2. The molecule has 9 heteroatoms. The van der Waals surface area contributed by atoms with Crippen LogP contribution in [0.2, 0.25) is 5.02 Å². The van der Waals surface area contributed by atoms with Crippen molar-refractivity contribution in [2.75, 3.05) is 13.7 Å². The van der Waals surface area contributed by atoms with Crippen LogP contribution in [0, 0.1) is 12.7 Å². The second-order valence-electron chi connectivity index (χ2n) is 9.71.